The quantitative estimate of drug-likeness (QED) is 0.643. The first kappa shape index (κ1) is 13.5. The first-order chi connectivity index (χ1) is 8.90. The molecular formula is C13H17N3O3. The number of amides is 1. The van der Waals surface area contributed by atoms with Crippen molar-refractivity contribution in [1.82, 2.24) is 4.90 Å². The number of nitrogens with zero attached hydrogens (tertiary/aromatic N) is 2. The Hall–Kier alpha value is -1.95. The molecule has 2 N–H and O–H groups in total. The molecule has 1 heterocycles. The van der Waals surface area contributed by atoms with E-state index in [1.165, 1.54) is 12.1 Å². The molecule has 6 heteroatoms. The van der Waals surface area contributed by atoms with Crippen LogP contribution in [0.2, 0.25) is 0 Å². The molecule has 6 nitrogen and oxygen atoms in total. The molecule has 2 atom stereocenters. The van der Waals surface area contributed by atoms with Crippen molar-refractivity contribution in [3.63, 3.8) is 0 Å². The summed E-state index contributed by atoms with van der Waals surface area (Å²) in [4.78, 5) is 24.3. The molecule has 1 amide bonds. The molecule has 0 bridgehead atoms. The molecule has 0 aliphatic carbocycles. The zero-order valence-corrected chi connectivity index (χ0v) is 11.0. The minimum absolute atomic E-state index is 0.00287. The summed E-state index contributed by atoms with van der Waals surface area (Å²) in [6.07, 6.45) is 0. The van der Waals surface area contributed by atoms with E-state index in [-0.39, 0.29) is 23.6 Å². The van der Waals surface area contributed by atoms with Gasteiger partial charge in [-0.2, -0.15) is 0 Å². The molecular weight excluding hydrogens is 246 g/mol. The maximum atomic E-state index is 12.3. The van der Waals surface area contributed by atoms with Crippen molar-refractivity contribution < 1.29 is 9.72 Å². The van der Waals surface area contributed by atoms with Crippen LogP contribution in [0.5, 0.6) is 0 Å². The highest BCUT2D eigenvalue weighted by Crippen LogP contribution is 2.22. The summed E-state index contributed by atoms with van der Waals surface area (Å²) < 4.78 is 0. The van der Waals surface area contributed by atoms with E-state index in [0.29, 0.717) is 24.2 Å². The number of benzene rings is 1. The molecule has 1 saturated heterocycles. The van der Waals surface area contributed by atoms with Crippen molar-refractivity contribution >= 4 is 11.6 Å². The van der Waals surface area contributed by atoms with E-state index >= 15 is 0 Å². The van der Waals surface area contributed by atoms with Gasteiger partial charge < -0.3 is 10.6 Å². The van der Waals surface area contributed by atoms with Gasteiger partial charge in [-0.3, -0.25) is 14.9 Å². The molecule has 2 rings (SSSR count). The zero-order valence-electron chi connectivity index (χ0n) is 11.0. The van der Waals surface area contributed by atoms with Crippen LogP contribution in [0.1, 0.15) is 22.8 Å². The standard InChI is InChI=1S/C13H17N3O3/c1-8-5-10(3-4-12(8)16(18)19)13(17)15-6-9(2)11(14)7-15/h3-5,9,11H,6-7,14H2,1-2H3. The largest absolute Gasteiger partial charge is 0.337 e. The Labute approximate surface area is 111 Å². The first-order valence-corrected chi connectivity index (χ1v) is 6.20. The lowest BCUT2D eigenvalue weighted by Crippen LogP contribution is -2.32. The number of hydrogen-bond donors (Lipinski definition) is 1. The number of nitro benzene ring substituents is 1. The number of likely N-dealkylation sites (tertiary alicyclic amines) is 1. The highest BCUT2D eigenvalue weighted by molar-refractivity contribution is 5.95. The Kier molecular flexibility index (Phi) is 3.53. The minimum Gasteiger partial charge on any atom is -0.337 e. The van der Waals surface area contributed by atoms with Gasteiger partial charge in [0.15, 0.2) is 0 Å². The van der Waals surface area contributed by atoms with Crippen molar-refractivity contribution in [3.8, 4) is 0 Å². The third-order valence-corrected chi connectivity index (χ3v) is 3.60. The van der Waals surface area contributed by atoms with E-state index in [1.54, 1.807) is 17.9 Å². The van der Waals surface area contributed by atoms with Crippen molar-refractivity contribution in [2.75, 3.05) is 13.1 Å². The number of nitro groups is 1. The number of aryl methyl sites for hydroxylation is 1. The topological polar surface area (TPSA) is 89.5 Å². The van der Waals surface area contributed by atoms with Crippen LogP contribution in [0, 0.1) is 23.0 Å². The minimum atomic E-state index is -0.447. The Morgan fingerprint density at radius 3 is 2.63 bits per heavy atom. The van der Waals surface area contributed by atoms with Crippen LogP contribution < -0.4 is 5.73 Å². The molecule has 0 spiro atoms. The van der Waals surface area contributed by atoms with Crippen molar-refractivity contribution in [2.24, 2.45) is 11.7 Å². The monoisotopic (exact) mass is 263 g/mol. The van der Waals surface area contributed by atoms with E-state index < -0.39 is 4.92 Å². The van der Waals surface area contributed by atoms with Gasteiger partial charge in [0.1, 0.15) is 0 Å². The number of hydrogen-bond acceptors (Lipinski definition) is 4. The Bertz CT molecular complexity index is 520. The summed E-state index contributed by atoms with van der Waals surface area (Å²) in [5, 5.41) is 10.7. The molecule has 1 aliphatic rings. The summed E-state index contributed by atoms with van der Waals surface area (Å²) in [5.41, 5.74) is 6.89. The molecule has 2 unspecified atom stereocenters. The molecule has 1 fully saturated rings. The molecule has 0 saturated carbocycles. The lowest BCUT2D eigenvalue weighted by Gasteiger charge is -2.16. The first-order valence-electron chi connectivity index (χ1n) is 6.20. The van der Waals surface area contributed by atoms with Crippen molar-refractivity contribution in [1.29, 1.82) is 0 Å². The predicted octanol–water partition coefficient (Wildman–Crippen LogP) is 1.32. The van der Waals surface area contributed by atoms with Crippen molar-refractivity contribution in [3.05, 3.63) is 39.4 Å². The average molecular weight is 263 g/mol. The number of carbonyl (C=O) groups excluding carboxylic acids is 1. The van der Waals surface area contributed by atoms with Gasteiger partial charge in [0.25, 0.3) is 11.6 Å². The Morgan fingerprint density at radius 1 is 1.47 bits per heavy atom. The van der Waals surface area contributed by atoms with E-state index in [0.717, 1.165) is 0 Å². The van der Waals surface area contributed by atoms with Crippen LogP contribution in [0.25, 0.3) is 0 Å². The van der Waals surface area contributed by atoms with Gasteiger partial charge in [0.05, 0.1) is 4.92 Å². The lowest BCUT2D eigenvalue weighted by atomic mass is 10.1. The zero-order chi connectivity index (χ0) is 14.2. The van der Waals surface area contributed by atoms with E-state index in [9.17, 15) is 14.9 Å². The smallest absolute Gasteiger partial charge is 0.272 e. The summed E-state index contributed by atoms with van der Waals surface area (Å²) in [5.74, 6) is 0.167. The van der Waals surface area contributed by atoms with Gasteiger partial charge in [0.2, 0.25) is 0 Å². The average Bonchev–Trinajstić information content (AvgIpc) is 2.68. The van der Waals surface area contributed by atoms with Crippen LogP contribution in [-0.4, -0.2) is 34.9 Å². The number of carbonyl (C=O) groups is 1. The summed E-state index contributed by atoms with van der Waals surface area (Å²) >= 11 is 0. The SMILES string of the molecule is Cc1cc(C(=O)N2CC(C)C(N)C2)ccc1[N+](=O)[O-]. The predicted molar refractivity (Wildman–Crippen MR) is 70.9 cm³/mol. The van der Waals surface area contributed by atoms with Gasteiger partial charge >= 0.3 is 0 Å². The molecule has 1 aliphatic heterocycles. The summed E-state index contributed by atoms with van der Waals surface area (Å²) in [7, 11) is 0. The fraction of sp³-hybridized carbons (Fsp3) is 0.462. The second-order valence-corrected chi connectivity index (χ2v) is 5.11. The van der Waals surface area contributed by atoms with Crippen LogP contribution >= 0.6 is 0 Å². The van der Waals surface area contributed by atoms with E-state index in [4.69, 9.17) is 5.73 Å². The second-order valence-electron chi connectivity index (χ2n) is 5.11. The van der Waals surface area contributed by atoms with Crippen LogP contribution in [-0.2, 0) is 0 Å². The molecule has 1 aromatic carbocycles. The molecule has 0 aromatic heterocycles. The van der Waals surface area contributed by atoms with Gasteiger partial charge in [-0.25, -0.2) is 0 Å². The maximum Gasteiger partial charge on any atom is 0.272 e. The van der Waals surface area contributed by atoms with Crippen LogP contribution in [0.4, 0.5) is 5.69 Å². The second kappa shape index (κ2) is 4.97. The molecule has 1 aromatic rings. The highest BCUT2D eigenvalue weighted by atomic mass is 16.6. The van der Waals surface area contributed by atoms with Gasteiger partial charge in [-0.15, -0.1) is 0 Å². The lowest BCUT2D eigenvalue weighted by molar-refractivity contribution is -0.385. The van der Waals surface area contributed by atoms with Crippen LogP contribution in [0.15, 0.2) is 18.2 Å². The normalized spacial score (nSPS) is 22.6. The van der Waals surface area contributed by atoms with Gasteiger partial charge in [-0.1, -0.05) is 6.92 Å². The number of rotatable bonds is 2. The third kappa shape index (κ3) is 2.58. The van der Waals surface area contributed by atoms with Gasteiger partial charge in [0, 0.05) is 36.3 Å². The van der Waals surface area contributed by atoms with E-state index in [2.05, 4.69) is 0 Å². The van der Waals surface area contributed by atoms with Crippen LogP contribution in [0.3, 0.4) is 0 Å². The van der Waals surface area contributed by atoms with Gasteiger partial charge in [-0.05, 0) is 25.0 Å². The fourth-order valence-corrected chi connectivity index (χ4v) is 2.33. The highest BCUT2D eigenvalue weighted by Gasteiger charge is 2.30. The maximum absolute atomic E-state index is 12.3. The molecule has 0 radical (unpaired) electrons. The van der Waals surface area contributed by atoms with E-state index in [1.807, 2.05) is 6.92 Å². The number of nitrogens with two attached hydrogens (primary N) is 1. The summed E-state index contributed by atoms with van der Waals surface area (Å²) in [6, 6.07) is 4.45. The molecule has 102 valence electrons. The van der Waals surface area contributed by atoms with Crippen molar-refractivity contribution in [2.45, 2.75) is 19.9 Å². The molecule has 19 heavy (non-hydrogen) atoms. The third-order valence-electron chi connectivity index (χ3n) is 3.60. The fourth-order valence-electron chi connectivity index (χ4n) is 2.33. The Balaban J connectivity index is 2.21. The Morgan fingerprint density at radius 2 is 2.16 bits per heavy atom. The summed E-state index contributed by atoms with van der Waals surface area (Å²) in [6.45, 7) is 4.82.